The third kappa shape index (κ3) is 2.28. The zero-order valence-corrected chi connectivity index (χ0v) is 12.5. The predicted octanol–water partition coefficient (Wildman–Crippen LogP) is 3.47. The van der Waals surface area contributed by atoms with E-state index in [9.17, 15) is 4.79 Å². The molecule has 1 atom stereocenters. The van der Waals surface area contributed by atoms with Crippen LogP contribution in [0.5, 0.6) is 0 Å². The molecule has 0 bridgehead atoms. The van der Waals surface area contributed by atoms with Gasteiger partial charge in [0, 0.05) is 0 Å². The number of Topliss-reactive ketones (excluding diaryl/α,β-unsaturated/α-hetero) is 1. The third-order valence-electron chi connectivity index (χ3n) is 3.53. The monoisotopic (exact) mass is 290 g/mol. The van der Waals surface area contributed by atoms with E-state index in [1.165, 1.54) is 6.42 Å². The number of carbonyl (C=O) groups excluding carboxylic acids is 1. The summed E-state index contributed by atoms with van der Waals surface area (Å²) in [6, 6.07) is 0. The van der Waals surface area contributed by atoms with Gasteiger partial charge in [-0.2, -0.15) is 0 Å². The van der Waals surface area contributed by atoms with E-state index in [0.717, 1.165) is 16.8 Å². The minimum absolute atomic E-state index is 0.00736. The van der Waals surface area contributed by atoms with Crippen LogP contribution in [-0.2, 0) is 4.79 Å². The molecule has 0 spiro atoms. The molecule has 0 saturated heterocycles. The number of ketones is 1. The summed E-state index contributed by atoms with van der Waals surface area (Å²) in [4.78, 5) is 19.2. The van der Waals surface area contributed by atoms with Crippen LogP contribution < -0.4 is 0 Å². The van der Waals surface area contributed by atoms with Crippen molar-refractivity contribution in [3.63, 3.8) is 0 Å². The molecule has 1 fully saturated rings. The number of rotatable bonds is 1. The third-order valence-corrected chi connectivity index (χ3v) is 12.4. The summed E-state index contributed by atoms with van der Waals surface area (Å²) in [5.41, 5.74) is -0.00736. The molecule has 0 N–H and O–H groups in total. The molecule has 13 heavy (non-hydrogen) atoms. The van der Waals surface area contributed by atoms with Gasteiger partial charge in [-0.25, -0.2) is 0 Å². The number of hydrogen-bond acceptors (Lipinski definition) is 1. The van der Waals surface area contributed by atoms with Gasteiger partial charge in [0.25, 0.3) is 0 Å². The van der Waals surface area contributed by atoms with Crippen LogP contribution in [-0.4, -0.2) is 24.2 Å². The van der Waals surface area contributed by atoms with Gasteiger partial charge in [-0.3, -0.25) is 0 Å². The molecule has 0 amide bonds. The van der Waals surface area contributed by atoms with E-state index in [0.29, 0.717) is 5.78 Å². The van der Waals surface area contributed by atoms with Gasteiger partial charge >= 0.3 is 86.2 Å². The van der Waals surface area contributed by atoms with Crippen molar-refractivity contribution in [2.75, 3.05) is 0 Å². The van der Waals surface area contributed by atoms with Gasteiger partial charge in [-0.05, 0) is 0 Å². The van der Waals surface area contributed by atoms with Crippen molar-refractivity contribution in [2.24, 2.45) is 5.41 Å². The fourth-order valence-corrected chi connectivity index (χ4v) is 12.6. The molecule has 0 radical (unpaired) electrons. The van der Waals surface area contributed by atoms with Crippen LogP contribution in [0.1, 0.15) is 33.1 Å². The van der Waals surface area contributed by atoms with Crippen molar-refractivity contribution in [3.05, 3.63) is 0 Å². The maximum atomic E-state index is 11.8. The molecule has 0 aromatic heterocycles. The molecule has 1 saturated carbocycles. The molecular formula is C11H22OSn. The molecule has 1 aliphatic rings. The molecule has 0 aliphatic heterocycles. The Kier molecular flexibility index (Phi) is 3.16. The van der Waals surface area contributed by atoms with Crippen LogP contribution in [0.15, 0.2) is 0 Å². The molecule has 76 valence electrons. The molecular weight excluding hydrogens is 267 g/mol. The summed E-state index contributed by atoms with van der Waals surface area (Å²) in [6.45, 7) is 4.34. The Balaban J connectivity index is 2.91. The quantitative estimate of drug-likeness (QED) is 0.675. The topological polar surface area (TPSA) is 17.1 Å². The van der Waals surface area contributed by atoms with E-state index in [-0.39, 0.29) is 5.41 Å². The van der Waals surface area contributed by atoms with E-state index in [1.54, 1.807) is 0 Å². The van der Waals surface area contributed by atoms with Crippen molar-refractivity contribution in [3.8, 4) is 0 Å². The van der Waals surface area contributed by atoms with Gasteiger partial charge in [0.15, 0.2) is 0 Å². The minimum atomic E-state index is -1.88. The molecule has 1 rings (SSSR count). The average Bonchev–Trinajstić information content (AvgIpc) is 1.92. The first-order valence-electron chi connectivity index (χ1n) is 5.29. The summed E-state index contributed by atoms with van der Waals surface area (Å²) < 4.78 is 0.753. The molecule has 0 heterocycles. The van der Waals surface area contributed by atoms with Crippen LogP contribution in [0.3, 0.4) is 0 Å². The summed E-state index contributed by atoms with van der Waals surface area (Å²) in [5.74, 6) is 0.510. The summed E-state index contributed by atoms with van der Waals surface area (Å²) in [5, 5.41) is 0. The first-order chi connectivity index (χ1) is 5.76. The molecule has 1 unspecified atom stereocenters. The molecule has 1 aliphatic carbocycles. The fourth-order valence-electron chi connectivity index (χ4n) is 2.86. The van der Waals surface area contributed by atoms with E-state index >= 15 is 0 Å². The number of carbonyl (C=O) groups is 1. The second-order valence-electron chi connectivity index (χ2n) is 5.96. The SMILES string of the molecule is CC1(C)C(=O)CCC[CH]1[Sn]([CH3])([CH3])[CH3]. The standard InChI is InChI=1S/C8H13O.3CH3.Sn/c1-8(2)6-4-3-5-7(8)9;;;;/h6H,3-5H2,1-2H3;3*1H3;. The van der Waals surface area contributed by atoms with Crippen LogP contribution in [0.2, 0.25) is 18.8 Å². The Morgan fingerprint density at radius 2 is 1.85 bits per heavy atom. The van der Waals surface area contributed by atoms with Crippen LogP contribution >= 0.6 is 0 Å². The van der Waals surface area contributed by atoms with Crippen LogP contribution in [0, 0.1) is 5.41 Å². The molecule has 0 aromatic carbocycles. The Hall–Kier alpha value is 0.469. The first kappa shape index (κ1) is 11.5. The molecule has 2 heteroatoms. The van der Waals surface area contributed by atoms with E-state index in [4.69, 9.17) is 0 Å². The predicted molar refractivity (Wildman–Crippen MR) is 59.7 cm³/mol. The Morgan fingerprint density at radius 3 is 2.23 bits per heavy atom. The van der Waals surface area contributed by atoms with Crippen molar-refractivity contribution in [1.29, 1.82) is 0 Å². The van der Waals surface area contributed by atoms with Crippen molar-refractivity contribution < 1.29 is 4.79 Å². The van der Waals surface area contributed by atoms with Gasteiger partial charge in [-0.15, -0.1) is 0 Å². The zero-order chi connectivity index (χ0) is 10.3. The van der Waals surface area contributed by atoms with Crippen LogP contribution in [0.4, 0.5) is 0 Å². The Morgan fingerprint density at radius 1 is 1.31 bits per heavy atom. The summed E-state index contributed by atoms with van der Waals surface area (Å²) >= 11 is -1.88. The first-order valence-corrected chi connectivity index (χ1v) is 15.5. The van der Waals surface area contributed by atoms with Crippen LogP contribution in [0.25, 0.3) is 0 Å². The maximum absolute atomic E-state index is 11.8. The molecule has 1 nitrogen and oxygen atoms in total. The van der Waals surface area contributed by atoms with Crippen molar-refractivity contribution >= 4 is 24.2 Å². The number of hydrogen-bond donors (Lipinski definition) is 0. The summed E-state index contributed by atoms with van der Waals surface area (Å²) in [7, 11) is 0. The van der Waals surface area contributed by atoms with Crippen molar-refractivity contribution in [1.82, 2.24) is 0 Å². The Bertz CT molecular complexity index is 213. The van der Waals surface area contributed by atoms with E-state index in [2.05, 4.69) is 28.7 Å². The van der Waals surface area contributed by atoms with Gasteiger partial charge in [0.1, 0.15) is 0 Å². The summed E-state index contributed by atoms with van der Waals surface area (Å²) in [6.07, 6.45) is 3.27. The fraction of sp³-hybridized carbons (Fsp3) is 0.909. The van der Waals surface area contributed by atoms with Crippen molar-refractivity contribution in [2.45, 2.75) is 51.9 Å². The second-order valence-corrected chi connectivity index (χ2v) is 21.5. The zero-order valence-electron chi connectivity index (χ0n) is 9.61. The normalized spacial score (nSPS) is 29.0. The van der Waals surface area contributed by atoms with E-state index < -0.39 is 18.4 Å². The van der Waals surface area contributed by atoms with Gasteiger partial charge in [0.05, 0.1) is 0 Å². The van der Waals surface area contributed by atoms with Gasteiger partial charge < -0.3 is 0 Å². The Labute approximate surface area is 86.2 Å². The molecule has 0 aromatic rings. The van der Waals surface area contributed by atoms with Gasteiger partial charge in [-0.1, -0.05) is 0 Å². The average molecular weight is 289 g/mol. The van der Waals surface area contributed by atoms with Gasteiger partial charge in [0.2, 0.25) is 0 Å². The van der Waals surface area contributed by atoms with E-state index in [1.807, 2.05) is 0 Å². The second kappa shape index (κ2) is 3.56.